The van der Waals surface area contributed by atoms with Crippen molar-refractivity contribution >= 4 is 29.1 Å². The number of aliphatic hydroxyl groups is 1. The maximum atomic E-state index is 11.6. The van der Waals surface area contributed by atoms with E-state index in [1.165, 1.54) is 6.08 Å². The van der Waals surface area contributed by atoms with Crippen molar-refractivity contribution in [1.82, 2.24) is 5.32 Å². The van der Waals surface area contributed by atoms with Crippen LogP contribution in [0.1, 0.15) is 12.0 Å². The molecule has 0 unspecified atom stereocenters. The fraction of sp³-hybridized carbons (Fsp3) is 0.211. The van der Waals surface area contributed by atoms with Crippen LogP contribution in [0.15, 0.2) is 55.1 Å². The van der Waals surface area contributed by atoms with Gasteiger partial charge in [0, 0.05) is 16.5 Å². The van der Waals surface area contributed by atoms with Gasteiger partial charge in [0.15, 0.2) is 0 Å². The molecule has 2 aromatic rings. The van der Waals surface area contributed by atoms with Crippen molar-refractivity contribution in [3.05, 3.63) is 70.7 Å². The first-order valence-corrected chi connectivity index (χ1v) is 8.34. The monoisotopic (exact) mass is 363 g/mol. The summed E-state index contributed by atoms with van der Waals surface area (Å²) in [5.74, 6) is -0.144. The van der Waals surface area contributed by atoms with Crippen LogP contribution < -0.4 is 5.32 Å². The van der Waals surface area contributed by atoms with Crippen molar-refractivity contribution < 1.29 is 9.90 Å². The van der Waals surface area contributed by atoms with Crippen molar-refractivity contribution in [1.29, 1.82) is 0 Å². The molecular weight excluding hydrogens is 345 g/mol. The van der Waals surface area contributed by atoms with E-state index in [0.717, 1.165) is 16.7 Å². The van der Waals surface area contributed by atoms with E-state index in [0.29, 0.717) is 16.5 Å². The Morgan fingerprint density at radius 1 is 1.12 bits per heavy atom. The van der Waals surface area contributed by atoms with Crippen molar-refractivity contribution in [3.8, 4) is 11.1 Å². The molecule has 24 heavy (non-hydrogen) atoms. The second kappa shape index (κ2) is 8.88. The number of rotatable bonds is 7. The zero-order chi connectivity index (χ0) is 17.5. The number of benzene rings is 2. The van der Waals surface area contributed by atoms with E-state index in [2.05, 4.69) is 11.9 Å². The van der Waals surface area contributed by atoms with E-state index in [1.807, 2.05) is 36.4 Å². The highest BCUT2D eigenvalue weighted by Crippen LogP contribution is 2.27. The second-order valence-electron chi connectivity index (χ2n) is 5.50. The molecule has 1 amide bonds. The van der Waals surface area contributed by atoms with Gasteiger partial charge in [-0.15, -0.1) is 6.58 Å². The van der Waals surface area contributed by atoms with Crippen LogP contribution in [-0.4, -0.2) is 23.7 Å². The molecule has 0 saturated heterocycles. The van der Waals surface area contributed by atoms with Crippen LogP contribution in [-0.2, 0) is 11.2 Å². The lowest BCUT2D eigenvalue weighted by molar-refractivity contribution is -0.121. The van der Waals surface area contributed by atoms with Gasteiger partial charge in [-0.2, -0.15) is 0 Å². The number of hydrogen-bond donors (Lipinski definition) is 2. The summed E-state index contributed by atoms with van der Waals surface area (Å²) < 4.78 is 0. The quantitative estimate of drug-likeness (QED) is 0.722. The van der Waals surface area contributed by atoms with Gasteiger partial charge in [-0.05, 0) is 41.3 Å². The van der Waals surface area contributed by atoms with E-state index in [-0.39, 0.29) is 25.0 Å². The Morgan fingerprint density at radius 3 is 2.29 bits per heavy atom. The summed E-state index contributed by atoms with van der Waals surface area (Å²) in [5.41, 5.74) is 2.96. The SMILES string of the molecule is C=CCC(=O)N[C@@H](CO)Cc1ccc(-c2cc(Cl)cc(Cl)c2)cc1. The number of carbonyl (C=O) groups is 1. The Labute approximate surface area is 151 Å². The van der Waals surface area contributed by atoms with E-state index >= 15 is 0 Å². The highest BCUT2D eigenvalue weighted by Gasteiger charge is 2.11. The molecule has 126 valence electrons. The molecule has 2 aromatic carbocycles. The van der Waals surface area contributed by atoms with E-state index < -0.39 is 0 Å². The molecular formula is C19H19Cl2NO2. The summed E-state index contributed by atoms with van der Waals surface area (Å²) >= 11 is 12.1. The summed E-state index contributed by atoms with van der Waals surface area (Å²) in [6.45, 7) is 3.41. The average Bonchev–Trinajstić information content (AvgIpc) is 2.54. The number of nitrogens with one attached hydrogen (secondary N) is 1. The van der Waals surface area contributed by atoms with Crippen LogP contribution in [0.2, 0.25) is 10.0 Å². The Balaban J connectivity index is 2.08. The molecule has 0 radical (unpaired) electrons. The van der Waals surface area contributed by atoms with Gasteiger partial charge in [0.05, 0.1) is 12.6 Å². The fourth-order valence-corrected chi connectivity index (χ4v) is 2.94. The third kappa shape index (κ3) is 5.38. The molecule has 2 N–H and O–H groups in total. The van der Waals surface area contributed by atoms with E-state index in [4.69, 9.17) is 23.2 Å². The lowest BCUT2D eigenvalue weighted by Crippen LogP contribution is -2.38. The maximum Gasteiger partial charge on any atom is 0.224 e. The molecule has 1 atom stereocenters. The molecule has 0 bridgehead atoms. The lowest BCUT2D eigenvalue weighted by atomic mass is 10.0. The topological polar surface area (TPSA) is 49.3 Å². The normalized spacial score (nSPS) is 11.8. The predicted octanol–water partition coefficient (Wildman–Crippen LogP) is 4.26. The lowest BCUT2D eigenvalue weighted by Gasteiger charge is -2.16. The summed E-state index contributed by atoms with van der Waals surface area (Å²) in [6, 6.07) is 13.0. The van der Waals surface area contributed by atoms with Crippen LogP contribution in [0.5, 0.6) is 0 Å². The minimum atomic E-state index is -0.316. The molecule has 0 aliphatic heterocycles. The van der Waals surface area contributed by atoms with Crippen molar-refractivity contribution in [2.75, 3.05) is 6.61 Å². The Morgan fingerprint density at radius 2 is 1.75 bits per heavy atom. The molecule has 0 aliphatic rings. The van der Waals surface area contributed by atoms with Crippen LogP contribution in [0.4, 0.5) is 0 Å². The third-order valence-electron chi connectivity index (χ3n) is 3.55. The molecule has 5 heteroatoms. The Kier molecular flexibility index (Phi) is 6.85. The molecule has 0 aromatic heterocycles. The van der Waals surface area contributed by atoms with Crippen LogP contribution in [0, 0.1) is 0 Å². The molecule has 0 fully saturated rings. The molecule has 0 heterocycles. The predicted molar refractivity (Wildman–Crippen MR) is 99.4 cm³/mol. The zero-order valence-electron chi connectivity index (χ0n) is 13.1. The third-order valence-corrected chi connectivity index (χ3v) is 3.98. The van der Waals surface area contributed by atoms with Gasteiger partial charge in [-0.1, -0.05) is 53.5 Å². The summed E-state index contributed by atoms with van der Waals surface area (Å²) in [5, 5.41) is 13.4. The second-order valence-corrected chi connectivity index (χ2v) is 6.37. The van der Waals surface area contributed by atoms with Gasteiger partial charge >= 0.3 is 0 Å². The number of carbonyl (C=O) groups excluding carboxylic acids is 1. The Hall–Kier alpha value is -1.81. The minimum Gasteiger partial charge on any atom is -0.394 e. The van der Waals surface area contributed by atoms with Gasteiger partial charge in [0.2, 0.25) is 5.91 Å². The van der Waals surface area contributed by atoms with Crippen LogP contribution >= 0.6 is 23.2 Å². The number of aliphatic hydroxyl groups excluding tert-OH is 1. The fourth-order valence-electron chi connectivity index (χ4n) is 2.42. The highest BCUT2D eigenvalue weighted by molar-refractivity contribution is 6.35. The number of hydrogen-bond acceptors (Lipinski definition) is 2. The molecule has 0 saturated carbocycles. The van der Waals surface area contributed by atoms with Crippen molar-refractivity contribution in [3.63, 3.8) is 0 Å². The number of halogens is 2. The van der Waals surface area contributed by atoms with Gasteiger partial charge in [-0.25, -0.2) is 0 Å². The molecule has 0 spiro atoms. The Bertz CT molecular complexity index is 694. The van der Waals surface area contributed by atoms with Gasteiger partial charge in [0.25, 0.3) is 0 Å². The maximum absolute atomic E-state index is 11.6. The van der Waals surface area contributed by atoms with Gasteiger partial charge in [0.1, 0.15) is 0 Å². The first kappa shape index (κ1) is 18.5. The summed E-state index contributed by atoms with van der Waals surface area (Å²) in [4.78, 5) is 11.6. The standard InChI is InChI=1S/C19H19Cl2NO2/c1-2-3-19(24)22-18(12-23)8-13-4-6-14(7-5-13)15-9-16(20)11-17(21)10-15/h2,4-7,9-11,18,23H,1,3,8,12H2,(H,22,24)/t18-/m1/s1. The van der Waals surface area contributed by atoms with E-state index in [9.17, 15) is 9.90 Å². The average molecular weight is 364 g/mol. The van der Waals surface area contributed by atoms with Crippen LogP contribution in [0.3, 0.4) is 0 Å². The summed E-state index contributed by atoms with van der Waals surface area (Å²) in [7, 11) is 0. The summed E-state index contributed by atoms with van der Waals surface area (Å²) in [6.07, 6.45) is 2.33. The smallest absolute Gasteiger partial charge is 0.224 e. The van der Waals surface area contributed by atoms with Crippen LogP contribution in [0.25, 0.3) is 11.1 Å². The van der Waals surface area contributed by atoms with Gasteiger partial charge < -0.3 is 10.4 Å². The molecule has 2 rings (SSSR count). The van der Waals surface area contributed by atoms with E-state index in [1.54, 1.807) is 6.07 Å². The zero-order valence-corrected chi connectivity index (χ0v) is 14.6. The van der Waals surface area contributed by atoms with Gasteiger partial charge in [-0.3, -0.25) is 4.79 Å². The van der Waals surface area contributed by atoms with Crippen molar-refractivity contribution in [2.24, 2.45) is 0 Å². The first-order chi connectivity index (χ1) is 11.5. The molecule has 3 nitrogen and oxygen atoms in total. The number of amides is 1. The molecule has 0 aliphatic carbocycles. The highest BCUT2D eigenvalue weighted by atomic mass is 35.5. The largest absolute Gasteiger partial charge is 0.394 e. The van der Waals surface area contributed by atoms with Crippen molar-refractivity contribution in [2.45, 2.75) is 18.9 Å². The minimum absolute atomic E-state index is 0.117. The first-order valence-electron chi connectivity index (χ1n) is 7.58.